The fraction of sp³-hybridized carbons (Fsp3) is 0.400. The minimum atomic E-state index is -1.16. The molecule has 1 aliphatic heterocycles. The van der Waals surface area contributed by atoms with Crippen molar-refractivity contribution < 1.29 is 13.7 Å². The normalized spacial score (nSPS) is 19.7. The molecule has 0 saturated carbocycles. The van der Waals surface area contributed by atoms with Crippen LogP contribution in [-0.4, -0.2) is 24.1 Å². The second-order valence-electron chi connectivity index (χ2n) is 4.01. The molecule has 7 heteroatoms. The van der Waals surface area contributed by atoms with E-state index < -0.39 is 22.2 Å². The summed E-state index contributed by atoms with van der Waals surface area (Å²) in [4.78, 5) is 11.5. The van der Waals surface area contributed by atoms with E-state index in [-0.39, 0.29) is 11.7 Å². The van der Waals surface area contributed by atoms with Crippen LogP contribution >= 0.6 is 0 Å². The molecule has 1 aromatic rings. The first-order valence-corrected chi connectivity index (χ1v) is 5.13. The summed E-state index contributed by atoms with van der Waals surface area (Å²) in [5.74, 6) is -1.99. The van der Waals surface area contributed by atoms with Crippen molar-refractivity contribution >= 4 is 11.4 Å². The highest BCUT2D eigenvalue weighted by molar-refractivity contribution is 5.64. The van der Waals surface area contributed by atoms with Gasteiger partial charge in [0.05, 0.1) is 4.92 Å². The van der Waals surface area contributed by atoms with E-state index >= 15 is 0 Å². The number of rotatable bonds is 2. The van der Waals surface area contributed by atoms with Gasteiger partial charge < -0.3 is 10.6 Å². The Morgan fingerprint density at radius 2 is 2.18 bits per heavy atom. The van der Waals surface area contributed by atoms with Crippen LogP contribution in [0.4, 0.5) is 20.2 Å². The Hall–Kier alpha value is -1.76. The van der Waals surface area contributed by atoms with Crippen LogP contribution in [0.1, 0.15) is 6.42 Å². The van der Waals surface area contributed by atoms with Gasteiger partial charge in [-0.15, -0.1) is 0 Å². The summed E-state index contributed by atoms with van der Waals surface area (Å²) >= 11 is 0. The molecule has 0 bridgehead atoms. The fourth-order valence-electron chi connectivity index (χ4n) is 1.98. The average molecular weight is 243 g/mol. The van der Waals surface area contributed by atoms with Crippen LogP contribution in [0.3, 0.4) is 0 Å². The van der Waals surface area contributed by atoms with Crippen LogP contribution in [0.15, 0.2) is 12.1 Å². The van der Waals surface area contributed by atoms with Crippen molar-refractivity contribution in [3.05, 3.63) is 33.9 Å². The molecule has 1 atom stereocenters. The summed E-state index contributed by atoms with van der Waals surface area (Å²) in [5, 5.41) is 10.8. The molecule has 1 saturated heterocycles. The van der Waals surface area contributed by atoms with Crippen molar-refractivity contribution in [2.75, 3.05) is 18.0 Å². The Morgan fingerprint density at radius 1 is 1.47 bits per heavy atom. The summed E-state index contributed by atoms with van der Waals surface area (Å²) in [6, 6.07) is 1.36. The van der Waals surface area contributed by atoms with Gasteiger partial charge in [-0.2, -0.15) is 4.39 Å². The van der Waals surface area contributed by atoms with Gasteiger partial charge in [0, 0.05) is 31.3 Å². The smallest absolute Gasteiger partial charge is 0.328 e. The highest BCUT2D eigenvalue weighted by atomic mass is 19.1. The van der Waals surface area contributed by atoms with Gasteiger partial charge in [-0.3, -0.25) is 10.1 Å². The monoisotopic (exact) mass is 243 g/mol. The molecule has 1 unspecified atom stereocenters. The zero-order valence-electron chi connectivity index (χ0n) is 8.90. The van der Waals surface area contributed by atoms with Crippen molar-refractivity contribution in [1.29, 1.82) is 0 Å². The quantitative estimate of drug-likeness (QED) is 0.629. The molecule has 1 aliphatic rings. The molecule has 0 spiro atoms. The maximum atomic E-state index is 13.4. The predicted molar refractivity (Wildman–Crippen MR) is 57.8 cm³/mol. The molecule has 0 radical (unpaired) electrons. The largest absolute Gasteiger partial charge is 0.364 e. The summed E-state index contributed by atoms with van der Waals surface area (Å²) in [6.45, 7) is 0.828. The maximum Gasteiger partial charge on any atom is 0.328 e. The van der Waals surface area contributed by atoms with Gasteiger partial charge in [0.2, 0.25) is 5.82 Å². The lowest BCUT2D eigenvalue weighted by Crippen LogP contribution is -2.27. The molecule has 2 N–H and O–H groups in total. The number of anilines is 1. The predicted octanol–water partition coefficient (Wildman–Crippen LogP) is 1.41. The number of hydrogen-bond acceptors (Lipinski definition) is 4. The van der Waals surface area contributed by atoms with E-state index in [0.717, 1.165) is 6.07 Å². The number of halogens is 2. The van der Waals surface area contributed by atoms with Gasteiger partial charge in [0.15, 0.2) is 0 Å². The van der Waals surface area contributed by atoms with Gasteiger partial charge >= 0.3 is 5.69 Å². The lowest BCUT2D eigenvalue weighted by Gasteiger charge is -2.18. The Balaban J connectivity index is 2.47. The van der Waals surface area contributed by atoms with Gasteiger partial charge in [0.1, 0.15) is 11.5 Å². The highest BCUT2D eigenvalue weighted by Gasteiger charge is 2.29. The summed E-state index contributed by atoms with van der Waals surface area (Å²) in [7, 11) is 0. The van der Waals surface area contributed by atoms with Gasteiger partial charge in [0.25, 0.3) is 0 Å². The zero-order chi connectivity index (χ0) is 12.6. The van der Waals surface area contributed by atoms with E-state index in [1.807, 2.05) is 0 Å². The standard InChI is InChI=1S/C10H11F2N3O2/c11-6-3-8(12)10(15(16)17)9(4-6)14-2-1-7(13)5-14/h3-4,7H,1-2,5,13H2. The van der Waals surface area contributed by atoms with E-state index in [2.05, 4.69) is 0 Å². The van der Waals surface area contributed by atoms with E-state index in [1.165, 1.54) is 4.90 Å². The average Bonchev–Trinajstić information content (AvgIpc) is 2.62. The molecule has 0 aromatic heterocycles. The number of nitrogens with two attached hydrogens (primary N) is 1. The third kappa shape index (κ3) is 2.19. The minimum Gasteiger partial charge on any atom is -0.364 e. The Bertz CT molecular complexity index is 467. The molecule has 1 fully saturated rings. The number of nitro benzene ring substituents is 1. The number of nitrogens with zero attached hydrogens (tertiary/aromatic N) is 2. The van der Waals surface area contributed by atoms with E-state index in [9.17, 15) is 18.9 Å². The summed E-state index contributed by atoms with van der Waals surface area (Å²) in [6.07, 6.45) is 0.648. The fourth-order valence-corrected chi connectivity index (χ4v) is 1.98. The molecule has 17 heavy (non-hydrogen) atoms. The van der Waals surface area contributed by atoms with Crippen LogP contribution in [0.2, 0.25) is 0 Å². The SMILES string of the molecule is NC1CCN(c2cc(F)cc(F)c2[N+](=O)[O-])C1. The lowest BCUT2D eigenvalue weighted by molar-refractivity contribution is -0.386. The molecule has 1 aromatic carbocycles. The summed E-state index contributed by atoms with van der Waals surface area (Å²) in [5.41, 5.74) is 4.93. The first-order chi connectivity index (χ1) is 7.99. The van der Waals surface area contributed by atoms with Crippen LogP contribution in [0.5, 0.6) is 0 Å². The van der Waals surface area contributed by atoms with Crippen molar-refractivity contribution in [3.63, 3.8) is 0 Å². The second-order valence-corrected chi connectivity index (χ2v) is 4.01. The van der Waals surface area contributed by atoms with E-state index in [1.54, 1.807) is 0 Å². The number of benzene rings is 1. The Kier molecular flexibility index (Phi) is 2.93. The lowest BCUT2D eigenvalue weighted by atomic mass is 10.2. The van der Waals surface area contributed by atoms with E-state index in [0.29, 0.717) is 25.6 Å². The van der Waals surface area contributed by atoms with Crippen molar-refractivity contribution in [3.8, 4) is 0 Å². The zero-order valence-corrected chi connectivity index (χ0v) is 8.90. The van der Waals surface area contributed by atoms with Gasteiger partial charge in [-0.1, -0.05) is 0 Å². The molecule has 0 aliphatic carbocycles. The van der Waals surface area contributed by atoms with Crippen molar-refractivity contribution in [2.24, 2.45) is 5.73 Å². The number of nitro groups is 1. The molecule has 92 valence electrons. The highest BCUT2D eigenvalue weighted by Crippen LogP contribution is 2.33. The molecule has 0 amide bonds. The van der Waals surface area contributed by atoms with Crippen LogP contribution < -0.4 is 10.6 Å². The van der Waals surface area contributed by atoms with Crippen LogP contribution in [-0.2, 0) is 0 Å². The first kappa shape index (κ1) is 11.7. The number of hydrogen-bond donors (Lipinski definition) is 1. The molecule has 5 nitrogen and oxygen atoms in total. The third-order valence-corrected chi connectivity index (χ3v) is 2.76. The third-order valence-electron chi connectivity index (χ3n) is 2.76. The summed E-state index contributed by atoms with van der Waals surface area (Å²) < 4.78 is 26.5. The van der Waals surface area contributed by atoms with Crippen LogP contribution in [0.25, 0.3) is 0 Å². The van der Waals surface area contributed by atoms with Gasteiger partial charge in [-0.05, 0) is 6.42 Å². The van der Waals surface area contributed by atoms with Crippen molar-refractivity contribution in [1.82, 2.24) is 0 Å². The first-order valence-electron chi connectivity index (χ1n) is 5.13. The molecular formula is C10H11F2N3O2. The Morgan fingerprint density at radius 3 is 2.71 bits per heavy atom. The Labute approximate surface area is 96.0 Å². The van der Waals surface area contributed by atoms with Gasteiger partial charge in [-0.25, -0.2) is 4.39 Å². The second kappa shape index (κ2) is 4.25. The topological polar surface area (TPSA) is 72.4 Å². The minimum absolute atomic E-state index is 0.0412. The molecular weight excluding hydrogens is 232 g/mol. The molecule has 1 heterocycles. The van der Waals surface area contributed by atoms with E-state index in [4.69, 9.17) is 5.73 Å². The maximum absolute atomic E-state index is 13.4. The van der Waals surface area contributed by atoms with Crippen LogP contribution in [0, 0.1) is 21.7 Å². The van der Waals surface area contributed by atoms with Crippen molar-refractivity contribution in [2.45, 2.75) is 12.5 Å². The molecule has 2 rings (SSSR count).